The maximum Gasteiger partial charge on any atom is 0.260 e. The zero-order valence-corrected chi connectivity index (χ0v) is 14.9. The van der Waals surface area contributed by atoms with E-state index in [1.165, 1.54) is 0 Å². The molecule has 0 spiro atoms. The number of carbonyl (C=O) groups is 2. The summed E-state index contributed by atoms with van der Waals surface area (Å²) in [6.07, 6.45) is 0. The molecule has 0 N–H and O–H groups in total. The highest BCUT2D eigenvalue weighted by Crippen LogP contribution is 2.26. The molecule has 0 atom stereocenters. The minimum Gasteiger partial charge on any atom is -0.490 e. The van der Waals surface area contributed by atoms with Crippen molar-refractivity contribution in [1.29, 1.82) is 0 Å². The predicted molar refractivity (Wildman–Crippen MR) is 91.8 cm³/mol. The van der Waals surface area contributed by atoms with Gasteiger partial charge in [-0.05, 0) is 19.1 Å². The number of ether oxygens (including phenoxy) is 2. The summed E-state index contributed by atoms with van der Waals surface area (Å²) in [4.78, 5) is 26.1. The van der Waals surface area contributed by atoms with Crippen LogP contribution < -0.4 is 9.47 Å². The molecule has 0 saturated carbocycles. The molecule has 24 heavy (non-hydrogen) atoms. The van der Waals surface area contributed by atoms with Crippen LogP contribution >= 0.6 is 23.2 Å². The van der Waals surface area contributed by atoms with Crippen LogP contribution in [0.25, 0.3) is 0 Å². The third kappa shape index (κ3) is 4.92. The molecule has 1 heterocycles. The van der Waals surface area contributed by atoms with E-state index in [4.69, 9.17) is 32.7 Å². The number of rotatable bonds is 6. The lowest BCUT2D eigenvalue weighted by molar-refractivity contribution is -0.139. The summed E-state index contributed by atoms with van der Waals surface area (Å²) >= 11 is 11.2. The van der Waals surface area contributed by atoms with Gasteiger partial charge in [-0.1, -0.05) is 35.3 Å². The molecule has 0 aliphatic carbocycles. The van der Waals surface area contributed by atoms with Crippen LogP contribution in [-0.4, -0.2) is 65.8 Å². The summed E-state index contributed by atoms with van der Waals surface area (Å²) in [5, 5.41) is 0. The number of carbonyl (C=O) groups excluding carboxylic acids is 2. The molecule has 0 bridgehead atoms. The zero-order chi connectivity index (χ0) is 17.5. The minimum atomic E-state index is -1.06. The molecule has 2 rings (SSSR count). The molecular weight excluding hydrogens is 355 g/mol. The lowest BCUT2D eigenvalue weighted by Crippen LogP contribution is -2.52. The second kappa shape index (κ2) is 8.99. The van der Waals surface area contributed by atoms with Gasteiger partial charge < -0.3 is 19.3 Å². The van der Waals surface area contributed by atoms with E-state index >= 15 is 0 Å². The van der Waals surface area contributed by atoms with Gasteiger partial charge in [0.2, 0.25) is 0 Å². The molecule has 0 unspecified atom stereocenters. The van der Waals surface area contributed by atoms with Crippen molar-refractivity contribution in [1.82, 2.24) is 9.80 Å². The monoisotopic (exact) mass is 374 g/mol. The minimum absolute atomic E-state index is 0.0777. The molecule has 6 nitrogen and oxygen atoms in total. The van der Waals surface area contributed by atoms with Crippen molar-refractivity contribution >= 4 is 35.0 Å². The summed E-state index contributed by atoms with van der Waals surface area (Å²) in [6, 6.07) is 7.22. The third-order valence-corrected chi connectivity index (χ3v) is 4.00. The summed E-state index contributed by atoms with van der Waals surface area (Å²) in [5.74, 6) is 0.682. The van der Waals surface area contributed by atoms with E-state index in [1.54, 1.807) is 21.9 Å². The fourth-order valence-corrected chi connectivity index (χ4v) is 2.67. The second-order valence-corrected chi connectivity index (χ2v) is 6.27. The van der Waals surface area contributed by atoms with Crippen LogP contribution in [0, 0.1) is 0 Å². The largest absolute Gasteiger partial charge is 0.490 e. The fraction of sp³-hybridized carbons (Fsp3) is 0.500. The first-order chi connectivity index (χ1) is 11.5. The number of hydrogen-bond acceptors (Lipinski definition) is 4. The Morgan fingerprint density at radius 1 is 1.04 bits per heavy atom. The lowest BCUT2D eigenvalue weighted by atomic mass is 10.3. The number of nitrogens with zero attached hydrogens (tertiary/aromatic N) is 2. The Balaban J connectivity index is 1.83. The number of alkyl halides is 2. The average molecular weight is 375 g/mol. The maximum atomic E-state index is 12.3. The van der Waals surface area contributed by atoms with Gasteiger partial charge in [-0.25, -0.2) is 0 Å². The van der Waals surface area contributed by atoms with Crippen molar-refractivity contribution in [3.05, 3.63) is 24.3 Å². The van der Waals surface area contributed by atoms with Gasteiger partial charge in [-0.2, -0.15) is 0 Å². The summed E-state index contributed by atoms with van der Waals surface area (Å²) in [5.41, 5.74) is 0. The number of piperazine rings is 1. The van der Waals surface area contributed by atoms with Gasteiger partial charge >= 0.3 is 0 Å². The second-order valence-electron chi connectivity index (χ2n) is 5.18. The molecule has 1 fully saturated rings. The average Bonchev–Trinajstić information content (AvgIpc) is 2.60. The van der Waals surface area contributed by atoms with Crippen molar-refractivity contribution in [2.75, 3.05) is 39.4 Å². The van der Waals surface area contributed by atoms with Crippen LogP contribution in [-0.2, 0) is 9.59 Å². The molecule has 1 aliphatic heterocycles. The Morgan fingerprint density at radius 2 is 1.58 bits per heavy atom. The molecule has 0 aromatic heterocycles. The molecule has 2 amide bonds. The number of hydrogen-bond donors (Lipinski definition) is 0. The molecule has 1 aliphatic rings. The Bertz CT molecular complexity index is 575. The standard InChI is InChI=1S/C16H20Cl2N2O4/c1-2-23-12-5-3-4-6-13(12)24-11-14(21)19-7-9-20(10-8-19)16(22)15(17)18/h3-6,15H,2,7-11H2,1H3. The quantitative estimate of drug-likeness (QED) is 0.713. The summed E-state index contributed by atoms with van der Waals surface area (Å²) in [7, 11) is 0. The van der Waals surface area contributed by atoms with Crippen molar-refractivity contribution < 1.29 is 19.1 Å². The highest BCUT2D eigenvalue weighted by Gasteiger charge is 2.27. The molecule has 1 aromatic rings. The van der Waals surface area contributed by atoms with Crippen molar-refractivity contribution in [2.24, 2.45) is 0 Å². The maximum absolute atomic E-state index is 12.3. The van der Waals surface area contributed by atoms with Crippen LogP contribution in [0.5, 0.6) is 11.5 Å². The van der Waals surface area contributed by atoms with Crippen molar-refractivity contribution in [3.8, 4) is 11.5 Å². The first-order valence-electron chi connectivity index (χ1n) is 7.72. The van der Waals surface area contributed by atoms with Gasteiger partial charge in [0.15, 0.2) is 22.9 Å². The van der Waals surface area contributed by atoms with E-state index in [0.29, 0.717) is 44.3 Å². The Hall–Kier alpha value is -1.66. The molecule has 1 saturated heterocycles. The third-order valence-electron chi connectivity index (χ3n) is 3.63. The first kappa shape index (κ1) is 18.7. The number of amides is 2. The van der Waals surface area contributed by atoms with Gasteiger partial charge in [-0.3, -0.25) is 9.59 Å². The number of para-hydroxylation sites is 2. The first-order valence-corrected chi connectivity index (χ1v) is 8.59. The van der Waals surface area contributed by atoms with E-state index in [1.807, 2.05) is 19.1 Å². The van der Waals surface area contributed by atoms with Crippen LogP contribution in [0.2, 0.25) is 0 Å². The molecule has 8 heteroatoms. The highest BCUT2D eigenvalue weighted by atomic mass is 35.5. The van der Waals surface area contributed by atoms with E-state index in [-0.39, 0.29) is 18.4 Å². The van der Waals surface area contributed by atoms with Crippen LogP contribution in [0.3, 0.4) is 0 Å². The SMILES string of the molecule is CCOc1ccccc1OCC(=O)N1CCN(C(=O)C(Cl)Cl)CC1. The van der Waals surface area contributed by atoms with E-state index in [9.17, 15) is 9.59 Å². The highest BCUT2D eigenvalue weighted by molar-refractivity contribution is 6.53. The van der Waals surface area contributed by atoms with Gasteiger partial charge in [0, 0.05) is 26.2 Å². The van der Waals surface area contributed by atoms with E-state index < -0.39 is 4.84 Å². The Kier molecular flexibility index (Phi) is 6.99. The molecular formula is C16H20Cl2N2O4. The van der Waals surface area contributed by atoms with Gasteiger partial charge in [-0.15, -0.1) is 0 Å². The molecule has 132 valence electrons. The van der Waals surface area contributed by atoms with Crippen LogP contribution in [0.4, 0.5) is 0 Å². The zero-order valence-electron chi connectivity index (χ0n) is 13.4. The topological polar surface area (TPSA) is 59.1 Å². The van der Waals surface area contributed by atoms with Gasteiger partial charge in [0.05, 0.1) is 6.61 Å². The smallest absolute Gasteiger partial charge is 0.260 e. The van der Waals surface area contributed by atoms with Gasteiger partial charge in [0.1, 0.15) is 0 Å². The van der Waals surface area contributed by atoms with Crippen molar-refractivity contribution in [3.63, 3.8) is 0 Å². The lowest BCUT2D eigenvalue weighted by Gasteiger charge is -2.34. The van der Waals surface area contributed by atoms with Crippen LogP contribution in [0.1, 0.15) is 6.92 Å². The normalized spacial score (nSPS) is 14.7. The molecule has 0 radical (unpaired) electrons. The van der Waals surface area contributed by atoms with Crippen molar-refractivity contribution in [2.45, 2.75) is 11.8 Å². The number of halogens is 2. The number of benzene rings is 1. The summed E-state index contributed by atoms with van der Waals surface area (Å²) < 4.78 is 11.0. The van der Waals surface area contributed by atoms with Crippen LogP contribution in [0.15, 0.2) is 24.3 Å². The van der Waals surface area contributed by atoms with E-state index in [2.05, 4.69) is 0 Å². The summed E-state index contributed by atoms with van der Waals surface area (Å²) in [6.45, 7) is 4.02. The van der Waals surface area contributed by atoms with E-state index in [0.717, 1.165) is 0 Å². The van der Waals surface area contributed by atoms with Gasteiger partial charge in [0.25, 0.3) is 11.8 Å². The molecule has 1 aromatic carbocycles. The fourth-order valence-electron chi connectivity index (χ4n) is 2.39. The Labute approximate surface area is 151 Å². The Morgan fingerprint density at radius 3 is 2.12 bits per heavy atom. The predicted octanol–water partition coefficient (Wildman–Crippen LogP) is 1.94.